The summed E-state index contributed by atoms with van der Waals surface area (Å²) in [7, 11) is 0. The number of likely N-dealkylation sites (N-methyl/N-ethyl adjacent to an activating group) is 2. The van der Waals surface area contributed by atoms with Crippen molar-refractivity contribution in [3.05, 3.63) is 0 Å². The predicted molar refractivity (Wildman–Crippen MR) is 68.4 cm³/mol. The van der Waals surface area contributed by atoms with Gasteiger partial charge in [-0.1, -0.05) is 13.8 Å². The normalized spacial score (nSPS) is 12.4. The van der Waals surface area contributed by atoms with E-state index in [-0.39, 0.29) is 18.4 Å². The molecule has 0 saturated heterocycles. The van der Waals surface area contributed by atoms with E-state index >= 15 is 0 Å². The summed E-state index contributed by atoms with van der Waals surface area (Å²) < 4.78 is 0. The molecule has 0 aromatic heterocycles. The van der Waals surface area contributed by atoms with Gasteiger partial charge in [-0.25, -0.2) is 0 Å². The first-order valence-electron chi connectivity index (χ1n) is 6.23. The highest BCUT2D eigenvalue weighted by Gasteiger charge is 2.22. The summed E-state index contributed by atoms with van der Waals surface area (Å²) in [5.74, 6) is 0.0871. The molecule has 5 nitrogen and oxygen atoms in total. The van der Waals surface area contributed by atoms with Crippen LogP contribution in [0, 0.1) is 5.92 Å². The molecule has 0 aromatic rings. The van der Waals surface area contributed by atoms with Crippen LogP contribution in [0.15, 0.2) is 0 Å². The molecular formula is C12H25N3O2. The van der Waals surface area contributed by atoms with Crippen LogP contribution in [0.5, 0.6) is 0 Å². The average Bonchev–Trinajstić information content (AvgIpc) is 2.24. The third-order valence-electron chi connectivity index (χ3n) is 2.44. The molecule has 100 valence electrons. The van der Waals surface area contributed by atoms with Gasteiger partial charge in [0.15, 0.2) is 0 Å². The van der Waals surface area contributed by atoms with Crippen molar-refractivity contribution < 1.29 is 9.59 Å². The van der Waals surface area contributed by atoms with E-state index in [4.69, 9.17) is 5.73 Å². The summed E-state index contributed by atoms with van der Waals surface area (Å²) in [5.41, 5.74) is 5.82. The van der Waals surface area contributed by atoms with E-state index in [9.17, 15) is 9.59 Å². The van der Waals surface area contributed by atoms with Gasteiger partial charge in [0.25, 0.3) is 0 Å². The molecule has 0 rings (SSSR count). The quantitative estimate of drug-likeness (QED) is 0.677. The molecule has 0 spiro atoms. The Morgan fingerprint density at radius 2 is 1.88 bits per heavy atom. The Hall–Kier alpha value is -1.10. The van der Waals surface area contributed by atoms with Crippen LogP contribution in [-0.2, 0) is 9.59 Å². The highest BCUT2D eigenvalue weighted by atomic mass is 16.2. The minimum absolute atomic E-state index is 0.0922. The molecule has 0 aliphatic carbocycles. The summed E-state index contributed by atoms with van der Waals surface area (Å²) in [6.07, 6.45) is 0.644. The lowest BCUT2D eigenvalue weighted by Crippen LogP contribution is -2.48. The van der Waals surface area contributed by atoms with E-state index in [2.05, 4.69) is 5.32 Å². The molecule has 0 heterocycles. The minimum Gasteiger partial charge on any atom is -0.355 e. The SMILES string of the molecule is CCNC(=O)CN(CC)C(=O)[C@@H](N)CC(C)C. The van der Waals surface area contributed by atoms with E-state index in [1.807, 2.05) is 27.7 Å². The second-order valence-corrected chi connectivity index (χ2v) is 4.54. The molecule has 0 aromatic carbocycles. The highest BCUT2D eigenvalue weighted by Crippen LogP contribution is 2.05. The summed E-state index contributed by atoms with van der Waals surface area (Å²) in [5, 5.41) is 2.67. The zero-order valence-corrected chi connectivity index (χ0v) is 11.3. The van der Waals surface area contributed by atoms with Crippen LogP contribution in [0.4, 0.5) is 0 Å². The second-order valence-electron chi connectivity index (χ2n) is 4.54. The number of amides is 2. The van der Waals surface area contributed by atoms with Gasteiger partial charge in [0.2, 0.25) is 11.8 Å². The average molecular weight is 243 g/mol. The fraction of sp³-hybridized carbons (Fsp3) is 0.833. The molecule has 2 amide bonds. The number of nitrogens with one attached hydrogen (secondary N) is 1. The minimum atomic E-state index is -0.510. The Bertz CT molecular complexity index is 254. The maximum atomic E-state index is 12.0. The van der Waals surface area contributed by atoms with E-state index in [1.54, 1.807) is 0 Å². The van der Waals surface area contributed by atoms with Crippen molar-refractivity contribution >= 4 is 11.8 Å². The van der Waals surface area contributed by atoms with Gasteiger partial charge in [0, 0.05) is 13.1 Å². The Labute approximate surface area is 104 Å². The molecule has 17 heavy (non-hydrogen) atoms. The zero-order chi connectivity index (χ0) is 13.4. The molecule has 0 aliphatic heterocycles. The molecule has 0 unspecified atom stereocenters. The number of carbonyl (C=O) groups excluding carboxylic acids is 2. The van der Waals surface area contributed by atoms with Gasteiger partial charge in [-0.15, -0.1) is 0 Å². The van der Waals surface area contributed by atoms with Gasteiger partial charge < -0.3 is 16.0 Å². The maximum Gasteiger partial charge on any atom is 0.239 e. The number of hydrogen-bond acceptors (Lipinski definition) is 3. The molecule has 5 heteroatoms. The third kappa shape index (κ3) is 6.26. The Kier molecular flexibility index (Phi) is 7.54. The van der Waals surface area contributed by atoms with Crippen molar-refractivity contribution in [2.45, 2.75) is 40.2 Å². The van der Waals surface area contributed by atoms with Crippen molar-refractivity contribution in [3.63, 3.8) is 0 Å². The fourth-order valence-corrected chi connectivity index (χ4v) is 1.62. The van der Waals surface area contributed by atoms with Gasteiger partial charge in [0.05, 0.1) is 12.6 Å². The standard InChI is InChI=1S/C12H25N3O2/c1-5-14-11(16)8-15(6-2)12(17)10(13)7-9(3)4/h9-10H,5-8,13H2,1-4H3,(H,14,16)/t10-/m0/s1. The van der Waals surface area contributed by atoms with Crippen LogP contribution < -0.4 is 11.1 Å². The Morgan fingerprint density at radius 3 is 2.29 bits per heavy atom. The number of nitrogens with two attached hydrogens (primary N) is 1. The number of rotatable bonds is 7. The van der Waals surface area contributed by atoms with E-state index in [0.29, 0.717) is 25.4 Å². The lowest BCUT2D eigenvalue weighted by molar-refractivity contribution is -0.137. The maximum absolute atomic E-state index is 12.0. The van der Waals surface area contributed by atoms with E-state index in [0.717, 1.165) is 0 Å². The van der Waals surface area contributed by atoms with Crippen molar-refractivity contribution in [1.82, 2.24) is 10.2 Å². The monoisotopic (exact) mass is 243 g/mol. The summed E-state index contributed by atoms with van der Waals surface area (Å²) in [6, 6.07) is -0.510. The van der Waals surface area contributed by atoms with Gasteiger partial charge in [-0.3, -0.25) is 9.59 Å². The van der Waals surface area contributed by atoms with Gasteiger partial charge in [-0.05, 0) is 26.2 Å². The predicted octanol–water partition coefficient (Wildman–Crippen LogP) is 0.344. The molecule has 0 fully saturated rings. The van der Waals surface area contributed by atoms with E-state index < -0.39 is 6.04 Å². The van der Waals surface area contributed by atoms with Crippen LogP contribution in [0.3, 0.4) is 0 Å². The zero-order valence-electron chi connectivity index (χ0n) is 11.3. The third-order valence-corrected chi connectivity index (χ3v) is 2.44. The van der Waals surface area contributed by atoms with Gasteiger partial charge in [-0.2, -0.15) is 0 Å². The van der Waals surface area contributed by atoms with Crippen LogP contribution >= 0.6 is 0 Å². The van der Waals surface area contributed by atoms with E-state index in [1.165, 1.54) is 4.90 Å². The van der Waals surface area contributed by atoms with Gasteiger partial charge >= 0.3 is 0 Å². The Balaban J connectivity index is 4.34. The summed E-state index contributed by atoms with van der Waals surface area (Å²) >= 11 is 0. The van der Waals surface area contributed by atoms with Crippen LogP contribution in [0.1, 0.15) is 34.1 Å². The topological polar surface area (TPSA) is 75.4 Å². The molecule has 3 N–H and O–H groups in total. The number of carbonyl (C=O) groups is 2. The Morgan fingerprint density at radius 1 is 1.29 bits per heavy atom. The first kappa shape index (κ1) is 15.9. The lowest BCUT2D eigenvalue weighted by atomic mass is 10.0. The summed E-state index contributed by atoms with van der Waals surface area (Å²) in [6.45, 7) is 8.90. The molecular weight excluding hydrogens is 218 g/mol. The van der Waals surface area contributed by atoms with Crippen molar-refractivity contribution in [2.24, 2.45) is 11.7 Å². The van der Waals surface area contributed by atoms with Gasteiger partial charge in [0.1, 0.15) is 0 Å². The molecule has 0 bridgehead atoms. The van der Waals surface area contributed by atoms with Crippen LogP contribution in [0.25, 0.3) is 0 Å². The summed E-state index contributed by atoms with van der Waals surface area (Å²) in [4.78, 5) is 24.9. The van der Waals surface area contributed by atoms with Crippen molar-refractivity contribution in [2.75, 3.05) is 19.6 Å². The smallest absolute Gasteiger partial charge is 0.239 e. The first-order chi connectivity index (χ1) is 7.92. The molecule has 0 radical (unpaired) electrons. The second kappa shape index (κ2) is 8.06. The number of hydrogen-bond donors (Lipinski definition) is 2. The molecule has 0 aliphatic rings. The lowest BCUT2D eigenvalue weighted by Gasteiger charge is -2.24. The number of nitrogens with zero attached hydrogens (tertiary/aromatic N) is 1. The first-order valence-corrected chi connectivity index (χ1v) is 6.23. The fourth-order valence-electron chi connectivity index (χ4n) is 1.62. The van der Waals surface area contributed by atoms with Crippen molar-refractivity contribution in [1.29, 1.82) is 0 Å². The molecule has 1 atom stereocenters. The largest absolute Gasteiger partial charge is 0.355 e. The molecule has 0 saturated carbocycles. The van der Waals surface area contributed by atoms with Crippen LogP contribution in [-0.4, -0.2) is 42.4 Å². The van der Waals surface area contributed by atoms with Crippen LogP contribution in [0.2, 0.25) is 0 Å². The van der Waals surface area contributed by atoms with Crippen molar-refractivity contribution in [3.8, 4) is 0 Å². The highest BCUT2D eigenvalue weighted by molar-refractivity contribution is 5.87.